The van der Waals surface area contributed by atoms with Gasteiger partial charge in [-0.25, -0.2) is 4.98 Å². The molecule has 3 rings (SSSR count). The average molecular weight is 365 g/mol. The molecule has 3 aromatic rings. The Morgan fingerprint density at radius 2 is 1.96 bits per heavy atom. The molecule has 0 bridgehead atoms. The Hall–Kier alpha value is -3.42. The van der Waals surface area contributed by atoms with Gasteiger partial charge in [-0.2, -0.15) is 5.10 Å². The zero-order valence-corrected chi connectivity index (χ0v) is 15.4. The van der Waals surface area contributed by atoms with E-state index in [0.717, 1.165) is 23.5 Å². The second kappa shape index (κ2) is 8.79. The van der Waals surface area contributed by atoms with Gasteiger partial charge in [-0.05, 0) is 37.6 Å². The zero-order valence-electron chi connectivity index (χ0n) is 15.4. The first-order valence-electron chi connectivity index (χ1n) is 8.91. The molecule has 1 aromatic carbocycles. The number of pyridine rings is 1. The molecule has 140 valence electrons. The molecule has 0 aliphatic carbocycles. The van der Waals surface area contributed by atoms with Crippen molar-refractivity contribution < 1.29 is 4.79 Å². The van der Waals surface area contributed by atoms with Crippen LogP contribution in [-0.2, 0) is 6.54 Å². The van der Waals surface area contributed by atoms with E-state index in [4.69, 9.17) is 0 Å². The molecule has 8 nitrogen and oxygen atoms in total. The molecule has 0 saturated heterocycles. The minimum absolute atomic E-state index is 0.177. The maximum Gasteiger partial charge on any atom is 0.255 e. The Kier molecular flexibility index (Phi) is 5.98. The van der Waals surface area contributed by atoms with Crippen LogP contribution in [0.3, 0.4) is 0 Å². The average Bonchev–Trinajstić information content (AvgIpc) is 3.17. The first-order valence-corrected chi connectivity index (χ1v) is 8.91. The zero-order chi connectivity index (χ0) is 19.1. The number of rotatable bonds is 6. The van der Waals surface area contributed by atoms with Gasteiger partial charge in [-0.15, -0.1) is 0 Å². The molecule has 2 heterocycles. The number of benzene rings is 1. The first-order chi connectivity index (χ1) is 13.2. The molecule has 4 N–H and O–H groups in total. The Labute approximate surface area is 157 Å². The van der Waals surface area contributed by atoms with E-state index in [0.29, 0.717) is 30.0 Å². The highest BCUT2D eigenvalue weighted by Crippen LogP contribution is 2.19. The number of aromatic nitrogens is 3. The van der Waals surface area contributed by atoms with Gasteiger partial charge in [0.25, 0.3) is 5.91 Å². The predicted molar refractivity (Wildman–Crippen MR) is 107 cm³/mol. The van der Waals surface area contributed by atoms with Crippen LogP contribution in [0, 0.1) is 0 Å². The molecular weight excluding hydrogens is 342 g/mol. The molecule has 0 radical (unpaired) electrons. The number of nitrogens with zero attached hydrogens (tertiary/aromatic N) is 3. The van der Waals surface area contributed by atoms with E-state index in [2.05, 4.69) is 36.1 Å². The van der Waals surface area contributed by atoms with E-state index in [1.54, 1.807) is 18.5 Å². The molecule has 8 heteroatoms. The summed E-state index contributed by atoms with van der Waals surface area (Å²) >= 11 is 0. The van der Waals surface area contributed by atoms with Gasteiger partial charge < -0.3 is 16.0 Å². The summed E-state index contributed by atoms with van der Waals surface area (Å²) in [6.07, 6.45) is 3.27. The van der Waals surface area contributed by atoms with Crippen LogP contribution in [0.25, 0.3) is 11.0 Å². The number of carbonyl (C=O) groups is 1. The van der Waals surface area contributed by atoms with Crippen molar-refractivity contribution in [2.45, 2.75) is 20.4 Å². The molecule has 2 aromatic heterocycles. The topological polar surface area (TPSA) is 107 Å². The summed E-state index contributed by atoms with van der Waals surface area (Å²) in [4.78, 5) is 21.0. The minimum Gasteiger partial charge on any atom is -0.357 e. The van der Waals surface area contributed by atoms with E-state index in [-0.39, 0.29) is 5.91 Å². The number of fused-ring (bicyclic) bond motifs is 1. The molecule has 0 atom stereocenters. The van der Waals surface area contributed by atoms with Gasteiger partial charge in [0.05, 0.1) is 17.3 Å². The van der Waals surface area contributed by atoms with Gasteiger partial charge in [-0.1, -0.05) is 12.1 Å². The van der Waals surface area contributed by atoms with E-state index in [9.17, 15) is 4.79 Å². The van der Waals surface area contributed by atoms with Crippen LogP contribution in [0.15, 0.2) is 47.7 Å². The lowest BCUT2D eigenvalue weighted by atomic mass is 10.1. The summed E-state index contributed by atoms with van der Waals surface area (Å²) in [5, 5.41) is 16.9. The highest BCUT2D eigenvalue weighted by molar-refractivity contribution is 6.08. The lowest BCUT2D eigenvalue weighted by Gasteiger charge is -2.11. The maximum absolute atomic E-state index is 12.5. The first kappa shape index (κ1) is 18.4. The van der Waals surface area contributed by atoms with E-state index in [1.807, 2.05) is 38.1 Å². The summed E-state index contributed by atoms with van der Waals surface area (Å²) in [6.45, 7) is 6.18. The number of H-pyrrole nitrogens is 1. The van der Waals surface area contributed by atoms with Crippen molar-refractivity contribution in [1.82, 2.24) is 25.8 Å². The number of amides is 1. The Morgan fingerprint density at radius 1 is 1.15 bits per heavy atom. The predicted octanol–water partition coefficient (Wildman–Crippen LogP) is 2.29. The van der Waals surface area contributed by atoms with E-state index >= 15 is 0 Å². The fraction of sp³-hybridized carbons (Fsp3) is 0.263. The number of hydrogen-bond acceptors (Lipinski definition) is 4. The molecule has 0 aliphatic rings. The Morgan fingerprint density at radius 3 is 2.70 bits per heavy atom. The molecule has 0 unspecified atom stereocenters. The lowest BCUT2D eigenvalue weighted by molar-refractivity contribution is 0.102. The van der Waals surface area contributed by atoms with Crippen LogP contribution < -0.4 is 16.0 Å². The third-order valence-electron chi connectivity index (χ3n) is 3.94. The smallest absolute Gasteiger partial charge is 0.255 e. The van der Waals surface area contributed by atoms with Gasteiger partial charge in [0.15, 0.2) is 11.6 Å². The van der Waals surface area contributed by atoms with Gasteiger partial charge in [0, 0.05) is 31.4 Å². The van der Waals surface area contributed by atoms with Crippen LogP contribution in [0.2, 0.25) is 0 Å². The SMILES string of the molecule is CC/N=C(/NCC)NCc1ccc(C(=O)Nc2ccnc3[nH]ncc23)cc1. The summed E-state index contributed by atoms with van der Waals surface area (Å²) in [7, 11) is 0. The largest absolute Gasteiger partial charge is 0.357 e. The van der Waals surface area contributed by atoms with Gasteiger partial charge >= 0.3 is 0 Å². The third kappa shape index (κ3) is 4.60. The molecular formula is C19H23N7O. The van der Waals surface area contributed by atoms with Crippen molar-refractivity contribution in [1.29, 1.82) is 0 Å². The fourth-order valence-corrected chi connectivity index (χ4v) is 2.61. The fourth-order valence-electron chi connectivity index (χ4n) is 2.61. The quantitative estimate of drug-likeness (QED) is 0.396. The van der Waals surface area contributed by atoms with Crippen LogP contribution in [0.5, 0.6) is 0 Å². The molecule has 0 saturated carbocycles. The molecule has 0 aliphatic heterocycles. The van der Waals surface area contributed by atoms with Crippen molar-refractivity contribution in [2.24, 2.45) is 4.99 Å². The molecule has 0 fully saturated rings. The van der Waals surface area contributed by atoms with Crippen molar-refractivity contribution in [2.75, 3.05) is 18.4 Å². The van der Waals surface area contributed by atoms with Crippen LogP contribution in [0.4, 0.5) is 5.69 Å². The summed E-state index contributed by atoms with van der Waals surface area (Å²) in [5.74, 6) is 0.604. The van der Waals surface area contributed by atoms with E-state index < -0.39 is 0 Å². The number of hydrogen-bond donors (Lipinski definition) is 4. The van der Waals surface area contributed by atoms with Crippen LogP contribution in [0.1, 0.15) is 29.8 Å². The van der Waals surface area contributed by atoms with Crippen molar-refractivity contribution in [3.63, 3.8) is 0 Å². The van der Waals surface area contributed by atoms with Crippen LogP contribution >= 0.6 is 0 Å². The number of anilines is 1. The standard InChI is InChI=1S/C19H23N7O/c1-3-20-19(21-4-2)23-11-13-5-7-14(8-6-13)18(27)25-16-9-10-22-17-15(16)12-24-26-17/h5-10,12H,3-4,11H2,1-2H3,(H2,20,21,23)(H2,22,24,25,26,27). The number of aliphatic imine (C=N–C) groups is 1. The number of guanidine groups is 1. The third-order valence-corrected chi connectivity index (χ3v) is 3.94. The number of carbonyl (C=O) groups excluding carboxylic acids is 1. The maximum atomic E-state index is 12.5. The minimum atomic E-state index is -0.177. The molecule has 27 heavy (non-hydrogen) atoms. The highest BCUT2D eigenvalue weighted by atomic mass is 16.1. The van der Waals surface area contributed by atoms with Gasteiger partial charge in [0.1, 0.15) is 0 Å². The Balaban J connectivity index is 1.63. The monoisotopic (exact) mass is 365 g/mol. The molecule has 0 spiro atoms. The second-order valence-corrected chi connectivity index (χ2v) is 5.85. The summed E-state index contributed by atoms with van der Waals surface area (Å²) in [6, 6.07) is 9.23. The summed E-state index contributed by atoms with van der Waals surface area (Å²) < 4.78 is 0. The molecule has 1 amide bonds. The number of nitrogens with one attached hydrogen (secondary N) is 4. The van der Waals surface area contributed by atoms with Gasteiger partial charge in [-0.3, -0.25) is 14.9 Å². The highest BCUT2D eigenvalue weighted by Gasteiger charge is 2.10. The normalized spacial score (nSPS) is 11.4. The number of aromatic amines is 1. The van der Waals surface area contributed by atoms with Crippen LogP contribution in [-0.4, -0.2) is 40.1 Å². The Bertz CT molecular complexity index is 931. The van der Waals surface area contributed by atoms with Crippen molar-refractivity contribution in [3.05, 3.63) is 53.9 Å². The lowest BCUT2D eigenvalue weighted by Crippen LogP contribution is -2.36. The van der Waals surface area contributed by atoms with Crippen molar-refractivity contribution in [3.8, 4) is 0 Å². The van der Waals surface area contributed by atoms with Crippen molar-refractivity contribution >= 4 is 28.6 Å². The van der Waals surface area contributed by atoms with E-state index in [1.165, 1.54) is 0 Å². The summed E-state index contributed by atoms with van der Waals surface area (Å²) in [5.41, 5.74) is 2.96. The second-order valence-electron chi connectivity index (χ2n) is 5.85. The van der Waals surface area contributed by atoms with Gasteiger partial charge in [0.2, 0.25) is 0 Å².